The molecule has 2 nitrogen and oxygen atoms in total. The quantitative estimate of drug-likeness (QED) is 0.879. The zero-order chi connectivity index (χ0) is 13.7. The Balaban J connectivity index is 2.43. The molecule has 0 aliphatic carbocycles. The number of nitrogens with one attached hydrogen (secondary N) is 1. The average Bonchev–Trinajstić information content (AvgIpc) is 2.43. The molecule has 0 bridgehead atoms. The highest BCUT2D eigenvalue weighted by Crippen LogP contribution is 2.32. The molecule has 0 aliphatic heterocycles. The molecule has 0 saturated heterocycles. The average molecular weight is 276 g/mol. The minimum absolute atomic E-state index is 0.123. The maximum Gasteiger partial charge on any atom is 0.0773 e. The van der Waals surface area contributed by atoms with E-state index in [4.69, 9.17) is 11.6 Å². The third-order valence-electron chi connectivity index (χ3n) is 3.20. The lowest BCUT2D eigenvalue weighted by Crippen LogP contribution is -2.30. The van der Waals surface area contributed by atoms with Crippen LogP contribution in [-0.2, 0) is 0 Å². The monoisotopic (exact) mass is 275 g/mol. The maximum absolute atomic E-state index is 10.4. The van der Waals surface area contributed by atoms with Crippen LogP contribution in [0.3, 0.4) is 0 Å². The van der Waals surface area contributed by atoms with Gasteiger partial charge in [-0.3, -0.25) is 0 Å². The van der Waals surface area contributed by atoms with Crippen molar-refractivity contribution in [1.29, 1.82) is 0 Å². The summed E-state index contributed by atoms with van der Waals surface area (Å²) in [6.45, 7) is 0.519. The van der Waals surface area contributed by atoms with Crippen molar-refractivity contribution in [3.05, 3.63) is 70.7 Å². The van der Waals surface area contributed by atoms with Gasteiger partial charge in [0.1, 0.15) is 0 Å². The van der Waals surface area contributed by atoms with E-state index >= 15 is 0 Å². The fourth-order valence-electron chi connectivity index (χ4n) is 2.32. The van der Waals surface area contributed by atoms with Gasteiger partial charge in [-0.15, -0.1) is 0 Å². The molecule has 2 unspecified atom stereocenters. The highest BCUT2D eigenvalue weighted by atomic mass is 35.5. The molecule has 0 saturated carbocycles. The Morgan fingerprint density at radius 2 is 1.68 bits per heavy atom. The molecule has 2 aromatic carbocycles. The minimum atomic E-state index is -0.521. The molecular weight excluding hydrogens is 258 g/mol. The van der Waals surface area contributed by atoms with Gasteiger partial charge in [0.15, 0.2) is 0 Å². The van der Waals surface area contributed by atoms with Gasteiger partial charge in [-0.05, 0) is 24.2 Å². The molecule has 0 radical (unpaired) electrons. The van der Waals surface area contributed by atoms with Crippen molar-refractivity contribution < 1.29 is 5.11 Å². The minimum Gasteiger partial charge on any atom is -0.391 e. The highest BCUT2D eigenvalue weighted by molar-refractivity contribution is 6.31. The van der Waals surface area contributed by atoms with Crippen LogP contribution in [0.4, 0.5) is 0 Å². The summed E-state index contributed by atoms with van der Waals surface area (Å²) in [4.78, 5) is 0. The topological polar surface area (TPSA) is 32.3 Å². The molecule has 2 aromatic rings. The van der Waals surface area contributed by atoms with E-state index in [2.05, 4.69) is 5.32 Å². The second-order valence-corrected chi connectivity index (χ2v) is 4.94. The number of rotatable bonds is 5. The van der Waals surface area contributed by atoms with Crippen molar-refractivity contribution in [1.82, 2.24) is 5.32 Å². The highest BCUT2D eigenvalue weighted by Gasteiger charge is 2.24. The van der Waals surface area contributed by atoms with E-state index in [9.17, 15) is 5.11 Å². The van der Waals surface area contributed by atoms with E-state index in [-0.39, 0.29) is 5.92 Å². The number of benzene rings is 2. The molecule has 100 valence electrons. The summed E-state index contributed by atoms with van der Waals surface area (Å²) >= 11 is 6.28. The van der Waals surface area contributed by atoms with Crippen LogP contribution in [0, 0.1) is 0 Å². The number of likely N-dealkylation sites (N-methyl/N-ethyl adjacent to an activating group) is 1. The van der Waals surface area contributed by atoms with Gasteiger partial charge in [-0.25, -0.2) is 0 Å². The Labute approximate surface area is 119 Å². The molecule has 0 fully saturated rings. The molecule has 0 spiro atoms. The first kappa shape index (κ1) is 14.1. The van der Waals surface area contributed by atoms with Crippen LogP contribution < -0.4 is 5.32 Å². The smallest absolute Gasteiger partial charge is 0.0773 e. The van der Waals surface area contributed by atoms with E-state index in [1.54, 1.807) is 0 Å². The second-order valence-electron chi connectivity index (χ2n) is 4.53. The number of halogens is 1. The molecule has 2 N–H and O–H groups in total. The third kappa shape index (κ3) is 3.35. The molecule has 0 amide bonds. The summed E-state index contributed by atoms with van der Waals surface area (Å²) < 4.78 is 0. The Bertz CT molecular complexity index is 515. The summed E-state index contributed by atoms with van der Waals surface area (Å²) in [5.74, 6) is -0.123. The van der Waals surface area contributed by atoms with Gasteiger partial charge in [0.2, 0.25) is 0 Å². The molecule has 2 rings (SSSR count). The van der Waals surface area contributed by atoms with Crippen molar-refractivity contribution in [3.8, 4) is 0 Å². The lowest BCUT2D eigenvalue weighted by molar-refractivity contribution is 0.156. The van der Waals surface area contributed by atoms with Gasteiger partial charge in [-0.1, -0.05) is 60.1 Å². The van der Waals surface area contributed by atoms with Crippen molar-refractivity contribution in [2.75, 3.05) is 13.6 Å². The van der Waals surface area contributed by atoms with E-state index in [0.717, 1.165) is 11.1 Å². The molecule has 0 heterocycles. The number of hydrogen-bond acceptors (Lipinski definition) is 2. The van der Waals surface area contributed by atoms with Gasteiger partial charge in [0, 0.05) is 17.5 Å². The number of aliphatic hydroxyl groups excluding tert-OH is 1. The fourth-order valence-corrected chi connectivity index (χ4v) is 2.58. The van der Waals surface area contributed by atoms with Gasteiger partial charge >= 0.3 is 0 Å². The van der Waals surface area contributed by atoms with E-state index < -0.39 is 6.10 Å². The number of hydrogen-bond donors (Lipinski definition) is 2. The van der Waals surface area contributed by atoms with Crippen molar-refractivity contribution in [2.24, 2.45) is 0 Å². The summed E-state index contributed by atoms with van der Waals surface area (Å²) in [7, 11) is 1.83. The zero-order valence-electron chi connectivity index (χ0n) is 10.9. The first-order valence-electron chi connectivity index (χ1n) is 6.36. The van der Waals surface area contributed by atoms with Crippen LogP contribution in [0.1, 0.15) is 17.0 Å². The maximum atomic E-state index is 10.4. The predicted octanol–water partition coefficient (Wildman–Crippen LogP) is 3.05. The first-order valence-corrected chi connectivity index (χ1v) is 6.74. The largest absolute Gasteiger partial charge is 0.391 e. The predicted molar refractivity (Wildman–Crippen MR) is 79.7 cm³/mol. The third-order valence-corrected chi connectivity index (χ3v) is 3.54. The van der Waals surface area contributed by atoms with Gasteiger partial charge < -0.3 is 10.4 Å². The fraction of sp³-hybridized carbons (Fsp3) is 0.250. The Morgan fingerprint density at radius 3 is 2.32 bits per heavy atom. The lowest BCUT2D eigenvalue weighted by Gasteiger charge is -2.24. The van der Waals surface area contributed by atoms with Crippen LogP contribution in [0.5, 0.6) is 0 Å². The Morgan fingerprint density at radius 1 is 1.05 bits per heavy atom. The summed E-state index contributed by atoms with van der Waals surface area (Å²) in [6.07, 6.45) is -0.521. The van der Waals surface area contributed by atoms with Gasteiger partial charge in [0.05, 0.1) is 6.10 Å². The van der Waals surface area contributed by atoms with Crippen molar-refractivity contribution in [3.63, 3.8) is 0 Å². The lowest BCUT2D eigenvalue weighted by atomic mass is 9.86. The van der Waals surface area contributed by atoms with Crippen LogP contribution in [0.15, 0.2) is 54.6 Å². The van der Waals surface area contributed by atoms with E-state index in [0.29, 0.717) is 11.6 Å². The molecular formula is C16H18ClNO. The molecule has 3 heteroatoms. The number of aliphatic hydroxyl groups is 1. The van der Waals surface area contributed by atoms with E-state index in [1.807, 2.05) is 61.6 Å². The molecule has 0 aliphatic rings. The van der Waals surface area contributed by atoms with Gasteiger partial charge in [0.25, 0.3) is 0 Å². The summed E-state index contributed by atoms with van der Waals surface area (Å²) in [5, 5.41) is 14.1. The molecule has 19 heavy (non-hydrogen) atoms. The summed E-state index contributed by atoms with van der Waals surface area (Å²) in [5.41, 5.74) is 2.02. The Hall–Kier alpha value is -1.35. The first-order chi connectivity index (χ1) is 9.24. The van der Waals surface area contributed by atoms with Crippen molar-refractivity contribution >= 4 is 11.6 Å². The molecule has 2 atom stereocenters. The SMILES string of the molecule is CNCC(O)C(c1ccccc1)c1ccccc1Cl. The van der Waals surface area contributed by atoms with Gasteiger partial charge in [-0.2, -0.15) is 0 Å². The summed E-state index contributed by atoms with van der Waals surface area (Å²) in [6, 6.07) is 17.6. The van der Waals surface area contributed by atoms with E-state index in [1.165, 1.54) is 0 Å². The van der Waals surface area contributed by atoms with Crippen LogP contribution in [-0.4, -0.2) is 24.8 Å². The molecule has 0 aromatic heterocycles. The Kier molecular flexibility index (Phi) is 4.97. The van der Waals surface area contributed by atoms with Crippen LogP contribution in [0.25, 0.3) is 0 Å². The van der Waals surface area contributed by atoms with Crippen LogP contribution in [0.2, 0.25) is 5.02 Å². The van der Waals surface area contributed by atoms with Crippen LogP contribution >= 0.6 is 11.6 Å². The second kappa shape index (κ2) is 6.71. The van der Waals surface area contributed by atoms with Crippen molar-refractivity contribution in [2.45, 2.75) is 12.0 Å². The zero-order valence-corrected chi connectivity index (χ0v) is 11.6. The normalized spacial score (nSPS) is 14.1. The standard InChI is InChI=1S/C16H18ClNO/c1-18-11-15(19)16(12-7-3-2-4-8-12)13-9-5-6-10-14(13)17/h2-10,15-16,18-19H,11H2,1H3.